The molecule has 4 aromatic rings. The van der Waals surface area contributed by atoms with E-state index in [9.17, 15) is 9.90 Å². The molecule has 0 saturated heterocycles. The van der Waals surface area contributed by atoms with Crippen molar-refractivity contribution in [3.05, 3.63) is 89.8 Å². The number of hydrogen-bond donors (Lipinski definition) is 1. The first-order valence-electron chi connectivity index (χ1n) is 14.2. The zero-order valence-electron chi connectivity index (χ0n) is 25.3. The summed E-state index contributed by atoms with van der Waals surface area (Å²) in [5.41, 5.74) is 3.87. The van der Waals surface area contributed by atoms with Gasteiger partial charge in [0.1, 0.15) is 5.76 Å². The number of aromatic nitrogens is 1. The smallest absolute Gasteiger partial charge is 0.164 e. The van der Waals surface area contributed by atoms with Gasteiger partial charge in [-0.25, -0.2) is 0 Å². The van der Waals surface area contributed by atoms with Crippen molar-refractivity contribution in [2.75, 3.05) is 0 Å². The zero-order chi connectivity index (χ0) is 28.8. The first kappa shape index (κ1) is 33.4. The molecule has 1 N–H and O–H groups in total. The maximum atomic E-state index is 12.2. The Kier molecular flexibility index (Phi) is 11.9. The second kappa shape index (κ2) is 14.2. The van der Waals surface area contributed by atoms with Crippen LogP contribution < -0.4 is 0 Å². The molecule has 1 radical (unpaired) electrons. The van der Waals surface area contributed by atoms with Gasteiger partial charge >= 0.3 is 0 Å². The summed E-state index contributed by atoms with van der Waals surface area (Å²) in [6.45, 7) is 16.3. The Morgan fingerprint density at radius 2 is 1.48 bits per heavy atom. The largest absolute Gasteiger partial charge is 0.512 e. The summed E-state index contributed by atoms with van der Waals surface area (Å²) >= 11 is 0. The third kappa shape index (κ3) is 7.28. The third-order valence-corrected chi connectivity index (χ3v) is 8.66. The molecule has 0 fully saturated rings. The van der Waals surface area contributed by atoms with Crippen LogP contribution in [0, 0.1) is 30.7 Å². The number of nitrogens with zero attached hydrogens (tertiary/aromatic N) is 1. The van der Waals surface area contributed by atoms with Crippen molar-refractivity contribution >= 4 is 27.3 Å². The second-order valence-corrected chi connectivity index (χ2v) is 11.2. The molecule has 0 bridgehead atoms. The Hall–Kier alpha value is -2.81. The molecule has 1 heterocycles. The van der Waals surface area contributed by atoms with Crippen LogP contribution in [0.15, 0.2) is 72.6 Å². The normalized spacial score (nSPS) is 12.1. The Labute approximate surface area is 254 Å². The molecule has 0 atom stereocenters. The van der Waals surface area contributed by atoms with Gasteiger partial charge in [0.25, 0.3) is 0 Å². The molecule has 3 aromatic carbocycles. The molecule has 0 unspecified atom stereocenters. The van der Waals surface area contributed by atoms with Gasteiger partial charge in [0.15, 0.2) is 5.78 Å². The van der Waals surface area contributed by atoms with Crippen molar-refractivity contribution in [3.63, 3.8) is 0 Å². The van der Waals surface area contributed by atoms with Crippen LogP contribution in [0.3, 0.4) is 0 Å². The number of pyridine rings is 1. The van der Waals surface area contributed by atoms with E-state index >= 15 is 0 Å². The molecule has 1 aromatic heterocycles. The van der Waals surface area contributed by atoms with Gasteiger partial charge in [0, 0.05) is 43.2 Å². The zero-order valence-corrected chi connectivity index (χ0v) is 27.7. The average molecular weight is 715 g/mol. The van der Waals surface area contributed by atoms with Gasteiger partial charge in [0.2, 0.25) is 0 Å². The minimum Gasteiger partial charge on any atom is -0.512 e. The van der Waals surface area contributed by atoms with E-state index in [1.807, 2.05) is 47.7 Å². The summed E-state index contributed by atoms with van der Waals surface area (Å²) in [5.74, 6) is 0.286. The molecule has 0 aliphatic carbocycles. The molecule has 4 rings (SSSR count). The molecule has 40 heavy (non-hydrogen) atoms. The van der Waals surface area contributed by atoms with Gasteiger partial charge in [-0.15, -0.1) is 34.9 Å². The van der Waals surface area contributed by atoms with Crippen LogP contribution in [-0.4, -0.2) is 15.9 Å². The Bertz CT molecular complexity index is 1460. The van der Waals surface area contributed by atoms with E-state index in [2.05, 4.69) is 79.5 Å². The number of carbonyl (C=O) groups is 1. The Morgan fingerprint density at radius 1 is 0.875 bits per heavy atom. The number of ketones is 1. The van der Waals surface area contributed by atoms with Crippen molar-refractivity contribution in [3.8, 4) is 11.3 Å². The minimum atomic E-state index is -0.337. The number of carbonyl (C=O) groups excluding carboxylic acids is 1. The quantitative estimate of drug-likeness (QED) is 0.0856. The van der Waals surface area contributed by atoms with Gasteiger partial charge in [-0.1, -0.05) is 91.8 Å². The second-order valence-electron chi connectivity index (χ2n) is 11.2. The minimum absolute atomic E-state index is 0. The monoisotopic (exact) mass is 715 g/mol. The Balaban J connectivity index is 0.000000285. The molecule has 0 aliphatic heterocycles. The van der Waals surface area contributed by atoms with Gasteiger partial charge in [-0.2, -0.15) is 0 Å². The summed E-state index contributed by atoms with van der Waals surface area (Å²) in [6, 6.07) is 22.7. The van der Waals surface area contributed by atoms with Crippen LogP contribution in [0.4, 0.5) is 0 Å². The fourth-order valence-electron chi connectivity index (χ4n) is 4.86. The van der Waals surface area contributed by atoms with Crippen LogP contribution in [0.2, 0.25) is 0 Å². The standard InChI is InChI=1S/C21H16N.C15H28O2.Ir/c1-14-11-15(2)13-18(12-14)21-20-17(9-10-22-21)8-7-16-5-3-4-6-19(16)20;1-7-14(5,8-2)12(16)11-13(17)15(6,9-3)10-4;/h3-12H,1-2H3;11,16H,7-10H2,1-6H3;/q-1;;/b;12-11-;. The van der Waals surface area contributed by atoms with Crippen molar-refractivity contribution < 1.29 is 30.0 Å². The predicted molar refractivity (Wildman–Crippen MR) is 166 cm³/mol. The number of aliphatic hydroxyl groups excluding tert-OH is 1. The molecule has 0 aliphatic rings. The molecule has 215 valence electrons. The summed E-state index contributed by atoms with van der Waals surface area (Å²) in [6.07, 6.45) is 6.64. The van der Waals surface area contributed by atoms with Gasteiger partial charge in [-0.05, 0) is 59.0 Å². The maximum Gasteiger partial charge on any atom is 0.164 e. The summed E-state index contributed by atoms with van der Waals surface area (Å²) in [4.78, 5) is 16.9. The van der Waals surface area contributed by atoms with E-state index < -0.39 is 0 Å². The van der Waals surface area contributed by atoms with E-state index in [-0.39, 0.29) is 42.5 Å². The molecule has 0 amide bonds. The van der Waals surface area contributed by atoms with Crippen molar-refractivity contribution in [2.24, 2.45) is 10.8 Å². The summed E-state index contributed by atoms with van der Waals surface area (Å²) < 4.78 is 0. The van der Waals surface area contributed by atoms with E-state index in [4.69, 9.17) is 0 Å². The van der Waals surface area contributed by atoms with Crippen LogP contribution in [0.5, 0.6) is 0 Å². The van der Waals surface area contributed by atoms with Gasteiger partial charge in [-0.3, -0.25) is 4.79 Å². The van der Waals surface area contributed by atoms with Crippen LogP contribution in [-0.2, 0) is 24.9 Å². The van der Waals surface area contributed by atoms with E-state index in [1.165, 1.54) is 33.2 Å². The Morgan fingerprint density at radius 3 is 2.08 bits per heavy atom. The van der Waals surface area contributed by atoms with E-state index in [0.717, 1.165) is 42.5 Å². The SMILES string of the molecule is CCC(C)(CC)C(=O)/C=C(\O)C(C)(CC)CC.Cc1[c-]c(-c2nccc3ccc4ccccc4c23)cc(C)c1.[Ir]. The van der Waals surface area contributed by atoms with Crippen LogP contribution in [0.25, 0.3) is 32.8 Å². The number of benzene rings is 3. The average Bonchev–Trinajstić information content (AvgIpc) is 2.95. The fourth-order valence-corrected chi connectivity index (χ4v) is 4.86. The van der Waals surface area contributed by atoms with Crippen molar-refractivity contribution in [1.29, 1.82) is 0 Å². The summed E-state index contributed by atoms with van der Waals surface area (Å²) in [5, 5.41) is 15.1. The molecule has 3 nitrogen and oxygen atoms in total. The number of allylic oxidation sites excluding steroid dienone is 2. The first-order valence-corrected chi connectivity index (χ1v) is 14.2. The maximum absolute atomic E-state index is 12.2. The molecular weight excluding hydrogens is 671 g/mol. The molecular formula is C36H44IrNO2-. The predicted octanol–water partition coefficient (Wildman–Crippen LogP) is 10.1. The summed E-state index contributed by atoms with van der Waals surface area (Å²) in [7, 11) is 0. The molecule has 0 spiro atoms. The van der Waals surface area contributed by atoms with Gasteiger partial charge < -0.3 is 10.1 Å². The van der Waals surface area contributed by atoms with E-state index in [0.29, 0.717) is 0 Å². The number of rotatable bonds is 8. The first-order chi connectivity index (χ1) is 18.5. The fraction of sp³-hybridized carbons (Fsp3) is 0.389. The number of hydrogen-bond acceptors (Lipinski definition) is 3. The topological polar surface area (TPSA) is 50.2 Å². The molecule has 4 heteroatoms. The van der Waals surface area contributed by atoms with Crippen molar-refractivity contribution in [2.45, 2.75) is 81.1 Å². The number of aryl methyl sites for hydroxylation is 2. The van der Waals surface area contributed by atoms with Crippen LogP contribution >= 0.6 is 0 Å². The number of aliphatic hydroxyl groups is 1. The number of fused-ring (bicyclic) bond motifs is 3. The molecule has 0 saturated carbocycles. The van der Waals surface area contributed by atoms with Crippen molar-refractivity contribution in [1.82, 2.24) is 4.98 Å². The van der Waals surface area contributed by atoms with E-state index in [1.54, 1.807) is 0 Å². The van der Waals surface area contributed by atoms with Gasteiger partial charge in [0.05, 0.1) is 0 Å². The van der Waals surface area contributed by atoms with Crippen LogP contribution in [0.1, 0.15) is 78.4 Å². The third-order valence-electron chi connectivity index (χ3n) is 8.66.